The number of anilines is 1. The van der Waals surface area contributed by atoms with Gasteiger partial charge in [0.15, 0.2) is 5.76 Å². The maximum atomic E-state index is 13.1. The molecule has 1 heterocycles. The van der Waals surface area contributed by atoms with E-state index in [0.717, 1.165) is 29.5 Å². The van der Waals surface area contributed by atoms with Gasteiger partial charge in [-0.05, 0) is 48.7 Å². The molecule has 0 atom stereocenters. The van der Waals surface area contributed by atoms with E-state index in [2.05, 4.69) is 22.2 Å². The van der Waals surface area contributed by atoms with Crippen molar-refractivity contribution in [1.82, 2.24) is 4.72 Å². The van der Waals surface area contributed by atoms with E-state index in [0.29, 0.717) is 17.0 Å². The predicted molar refractivity (Wildman–Crippen MR) is 135 cm³/mol. The van der Waals surface area contributed by atoms with Gasteiger partial charge in [-0.2, -0.15) is 11.8 Å². The van der Waals surface area contributed by atoms with E-state index >= 15 is 0 Å². The molecular formula is C26H24N2O4S2. The predicted octanol–water partition coefficient (Wildman–Crippen LogP) is 5.56. The van der Waals surface area contributed by atoms with Gasteiger partial charge in [-0.25, -0.2) is 13.1 Å². The van der Waals surface area contributed by atoms with Crippen LogP contribution in [0.4, 0.5) is 5.69 Å². The van der Waals surface area contributed by atoms with Crippen molar-refractivity contribution >= 4 is 44.3 Å². The average molecular weight is 493 g/mol. The third-order valence-corrected chi connectivity index (χ3v) is 8.15. The number of hydrogen-bond acceptors (Lipinski definition) is 5. The minimum atomic E-state index is -3.54. The van der Waals surface area contributed by atoms with Crippen LogP contribution in [0.25, 0.3) is 11.0 Å². The summed E-state index contributed by atoms with van der Waals surface area (Å²) in [4.78, 5) is 13.3. The highest BCUT2D eigenvalue weighted by Gasteiger charge is 2.28. The Morgan fingerprint density at radius 2 is 1.62 bits per heavy atom. The molecule has 4 aromatic rings. The summed E-state index contributed by atoms with van der Waals surface area (Å²) in [6, 6.07) is 24.0. The fourth-order valence-electron chi connectivity index (χ4n) is 3.66. The van der Waals surface area contributed by atoms with Crippen LogP contribution in [-0.2, 0) is 21.5 Å². The fraction of sp³-hybridized carbons (Fsp3) is 0.192. The van der Waals surface area contributed by atoms with E-state index in [9.17, 15) is 13.2 Å². The molecule has 0 saturated heterocycles. The van der Waals surface area contributed by atoms with Crippen molar-refractivity contribution in [2.24, 2.45) is 0 Å². The van der Waals surface area contributed by atoms with E-state index in [4.69, 9.17) is 4.42 Å². The first-order valence-corrected chi connectivity index (χ1v) is 13.7. The van der Waals surface area contributed by atoms with E-state index in [1.165, 1.54) is 17.7 Å². The van der Waals surface area contributed by atoms with E-state index in [-0.39, 0.29) is 22.6 Å². The molecule has 1 aromatic heterocycles. The van der Waals surface area contributed by atoms with Gasteiger partial charge >= 0.3 is 0 Å². The van der Waals surface area contributed by atoms with Crippen molar-refractivity contribution in [2.75, 3.05) is 5.32 Å². The molecule has 6 nitrogen and oxygen atoms in total. The van der Waals surface area contributed by atoms with Crippen molar-refractivity contribution in [3.05, 3.63) is 95.7 Å². The molecule has 34 heavy (non-hydrogen) atoms. The van der Waals surface area contributed by atoms with Crippen LogP contribution in [0, 0.1) is 0 Å². The third kappa shape index (κ3) is 5.19. The smallest absolute Gasteiger partial charge is 0.291 e. The molecule has 5 rings (SSSR count). The number of amides is 1. The minimum absolute atomic E-state index is 0.0376. The Morgan fingerprint density at radius 3 is 2.35 bits per heavy atom. The van der Waals surface area contributed by atoms with Gasteiger partial charge in [-0.15, -0.1) is 0 Å². The van der Waals surface area contributed by atoms with Gasteiger partial charge in [0.25, 0.3) is 5.91 Å². The van der Waals surface area contributed by atoms with Crippen LogP contribution < -0.4 is 10.0 Å². The van der Waals surface area contributed by atoms with Crippen molar-refractivity contribution in [3.63, 3.8) is 0 Å². The summed E-state index contributed by atoms with van der Waals surface area (Å²) in [5.41, 5.74) is 3.23. The number of sulfonamides is 1. The second kappa shape index (κ2) is 9.66. The van der Waals surface area contributed by atoms with Crippen LogP contribution in [0.1, 0.15) is 34.5 Å². The van der Waals surface area contributed by atoms with Gasteiger partial charge in [0, 0.05) is 34.2 Å². The summed E-state index contributed by atoms with van der Waals surface area (Å²) in [6.45, 7) is 0. The van der Waals surface area contributed by atoms with E-state index in [1.807, 2.05) is 42.5 Å². The summed E-state index contributed by atoms with van der Waals surface area (Å²) in [6.07, 6.45) is 1.74. The molecule has 1 fully saturated rings. The zero-order valence-corrected chi connectivity index (χ0v) is 20.0. The Labute approximate surface area is 202 Å². The SMILES string of the molecule is O=C(Nc1ccc(S(=O)(=O)NC2CC2)cc1)c1oc2ccccc2c1CSCc1ccccc1. The van der Waals surface area contributed by atoms with Crippen LogP contribution >= 0.6 is 11.8 Å². The Morgan fingerprint density at radius 1 is 0.912 bits per heavy atom. The number of para-hydroxylation sites is 1. The molecule has 0 bridgehead atoms. The number of carbonyl (C=O) groups excluding carboxylic acids is 1. The molecule has 1 amide bonds. The number of thioether (sulfide) groups is 1. The van der Waals surface area contributed by atoms with Crippen LogP contribution in [0.5, 0.6) is 0 Å². The lowest BCUT2D eigenvalue weighted by molar-refractivity contribution is 0.0998. The molecule has 0 radical (unpaired) electrons. The molecule has 1 aliphatic carbocycles. The number of benzene rings is 3. The average Bonchev–Trinajstić information content (AvgIpc) is 3.57. The molecule has 8 heteroatoms. The highest BCUT2D eigenvalue weighted by molar-refractivity contribution is 7.97. The van der Waals surface area contributed by atoms with Crippen molar-refractivity contribution in [3.8, 4) is 0 Å². The van der Waals surface area contributed by atoms with E-state index < -0.39 is 10.0 Å². The minimum Gasteiger partial charge on any atom is -0.451 e. The monoisotopic (exact) mass is 492 g/mol. The van der Waals surface area contributed by atoms with E-state index in [1.54, 1.807) is 23.9 Å². The summed E-state index contributed by atoms with van der Waals surface area (Å²) in [7, 11) is -3.54. The molecule has 174 valence electrons. The normalized spacial score (nSPS) is 13.8. The highest BCUT2D eigenvalue weighted by atomic mass is 32.2. The zero-order chi connectivity index (χ0) is 23.5. The molecule has 2 N–H and O–H groups in total. The first-order valence-electron chi connectivity index (χ1n) is 11.1. The summed E-state index contributed by atoms with van der Waals surface area (Å²) < 4.78 is 33.3. The van der Waals surface area contributed by atoms with Gasteiger partial charge in [0.1, 0.15) is 5.58 Å². The second-order valence-electron chi connectivity index (χ2n) is 8.26. The third-order valence-electron chi connectivity index (χ3n) is 5.58. The lowest BCUT2D eigenvalue weighted by Gasteiger charge is -2.08. The van der Waals surface area contributed by atoms with Gasteiger partial charge < -0.3 is 9.73 Å². The molecule has 0 unspecified atom stereocenters. The Hall–Kier alpha value is -3.07. The summed E-state index contributed by atoms with van der Waals surface area (Å²) in [5.74, 6) is 1.36. The van der Waals surface area contributed by atoms with Crippen LogP contribution in [-0.4, -0.2) is 20.4 Å². The van der Waals surface area contributed by atoms with Gasteiger partial charge in [0.05, 0.1) is 4.90 Å². The topological polar surface area (TPSA) is 88.4 Å². The summed E-state index contributed by atoms with van der Waals surface area (Å²) >= 11 is 1.72. The Kier molecular flexibility index (Phi) is 6.45. The number of fused-ring (bicyclic) bond motifs is 1. The zero-order valence-electron chi connectivity index (χ0n) is 18.4. The lowest BCUT2D eigenvalue weighted by Crippen LogP contribution is -2.25. The van der Waals surface area contributed by atoms with Gasteiger partial charge in [-0.3, -0.25) is 4.79 Å². The number of hydrogen-bond donors (Lipinski definition) is 2. The number of carbonyl (C=O) groups is 1. The molecule has 1 saturated carbocycles. The van der Waals surface area contributed by atoms with Crippen molar-refractivity contribution in [2.45, 2.75) is 35.3 Å². The first kappa shape index (κ1) is 22.7. The highest BCUT2D eigenvalue weighted by Crippen LogP contribution is 2.31. The largest absolute Gasteiger partial charge is 0.451 e. The second-order valence-corrected chi connectivity index (χ2v) is 11.0. The Bertz CT molecular complexity index is 1410. The van der Waals surface area contributed by atoms with Crippen LogP contribution in [0.2, 0.25) is 0 Å². The standard InChI is InChI=1S/C26H24N2O4S2/c29-26(27-19-12-14-21(15-13-19)34(30,31)28-20-10-11-20)25-23(22-8-4-5-9-24(22)32-25)17-33-16-18-6-2-1-3-7-18/h1-9,12-15,20,28H,10-11,16-17H2,(H,27,29). The van der Waals surface area contributed by atoms with Crippen molar-refractivity contribution < 1.29 is 17.6 Å². The molecule has 1 aliphatic rings. The van der Waals surface area contributed by atoms with Gasteiger partial charge in [0.2, 0.25) is 10.0 Å². The first-order chi connectivity index (χ1) is 16.5. The van der Waals surface area contributed by atoms with Crippen molar-refractivity contribution in [1.29, 1.82) is 0 Å². The maximum Gasteiger partial charge on any atom is 0.291 e. The molecule has 0 aliphatic heterocycles. The van der Waals surface area contributed by atoms with Crippen LogP contribution in [0.3, 0.4) is 0 Å². The Balaban J connectivity index is 1.33. The maximum absolute atomic E-state index is 13.1. The fourth-order valence-corrected chi connectivity index (χ4v) is 5.99. The summed E-state index contributed by atoms with van der Waals surface area (Å²) in [5, 5.41) is 3.76. The number of rotatable bonds is 9. The molecule has 3 aromatic carbocycles. The van der Waals surface area contributed by atoms with Gasteiger partial charge in [-0.1, -0.05) is 48.5 Å². The molecule has 0 spiro atoms. The molecular weight excluding hydrogens is 468 g/mol. The lowest BCUT2D eigenvalue weighted by atomic mass is 10.1. The number of furan rings is 1. The quantitative estimate of drug-likeness (QED) is 0.319. The number of nitrogens with one attached hydrogen (secondary N) is 2. The van der Waals surface area contributed by atoms with Crippen LogP contribution in [0.15, 0.2) is 88.2 Å².